The summed E-state index contributed by atoms with van der Waals surface area (Å²) in [6.45, 7) is 6.19. The number of carbonyl (C=O) groups is 3. The van der Waals surface area contributed by atoms with Gasteiger partial charge in [0.2, 0.25) is 0 Å². The van der Waals surface area contributed by atoms with E-state index in [0.717, 1.165) is 63.7 Å². The maximum atomic E-state index is 12.1. The van der Waals surface area contributed by atoms with E-state index in [0.29, 0.717) is 19.3 Å². The highest BCUT2D eigenvalue weighted by molar-refractivity contribution is 5.89. The van der Waals surface area contributed by atoms with Crippen molar-refractivity contribution in [2.75, 3.05) is 13.2 Å². The van der Waals surface area contributed by atoms with E-state index in [-0.39, 0.29) is 37.4 Å². The standard InChI is InChI=1S/C36H60O6/c1-4-6-20-26-33(38)27-22-17-12-10-8-7-9-11-13-18-23-28-35(39)41-31-34(30-37)42-36(40)29-24-19-15-14-16-21-25-32(3)5-2/h7-8,11-13,17,22,27,32,34,37H,4-6,9-10,14-16,18-21,23-26,28-31H2,1-3H3/b8-7-,13-11-,17-12-,27-22+/t32?,34-/m0/s1. The molecular weight excluding hydrogens is 528 g/mol. The van der Waals surface area contributed by atoms with Crippen LogP contribution in [-0.2, 0) is 23.9 Å². The molecule has 0 saturated carbocycles. The van der Waals surface area contributed by atoms with Gasteiger partial charge in [0.05, 0.1) is 6.61 Å². The van der Waals surface area contributed by atoms with Crippen molar-refractivity contribution in [2.24, 2.45) is 5.92 Å². The van der Waals surface area contributed by atoms with E-state index in [4.69, 9.17) is 9.47 Å². The predicted molar refractivity (Wildman–Crippen MR) is 173 cm³/mol. The number of hydrogen-bond acceptors (Lipinski definition) is 6. The van der Waals surface area contributed by atoms with Crippen LogP contribution >= 0.6 is 0 Å². The molecule has 0 aromatic rings. The molecule has 0 spiro atoms. The Morgan fingerprint density at radius 2 is 1.36 bits per heavy atom. The summed E-state index contributed by atoms with van der Waals surface area (Å²) in [5.74, 6) is 0.298. The van der Waals surface area contributed by atoms with Gasteiger partial charge in [0.1, 0.15) is 6.61 Å². The van der Waals surface area contributed by atoms with Crippen molar-refractivity contribution in [1.29, 1.82) is 0 Å². The summed E-state index contributed by atoms with van der Waals surface area (Å²) < 4.78 is 10.5. The van der Waals surface area contributed by atoms with Gasteiger partial charge in [-0.05, 0) is 50.5 Å². The van der Waals surface area contributed by atoms with E-state index in [1.807, 2.05) is 24.3 Å². The molecular formula is C36H60O6. The van der Waals surface area contributed by atoms with Crippen LogP contribution in [0.15, 0.2) is 48.6 Å². The third-order valence-corrected chi connectivity index (χ3v) is 7.14. The molecule has 0 aliphatic rings. The Hall–Kier alpha value is -2.47. The Balaban J connectivity index is 3.80. The summed E-state index contributed by atoms with van der Waals surface area (Å²) in [5, 5.41) is 9.48. The zero-order valence-electron chi connectivity index (χ0n) is 26.9. The van der Waals surface area contributed by atoms with Gasteiger partial charge < -0.3 is 14.6 Å². The first-order valence-electron chi connectivity index (χ1n) is 16.5. The molecule has 2 atom stereocenters. The first-order valence-corrected chi connectivity index (χ1v) is 16.5. The van der Waals surface area contributed by atoms with E-state index < -0.39 is 6.10 Å². The molecule has 0 amide bonds. The molecule has 240 valence electrons. The third kappa shape index (κ3) is 27.7. The molecule has 0 aliphatic heterocycles. The Bertz CT molecular complexity index is 795. The van der Waals surface area contributed by atoms with Gasteiger partial charge >= 0.3 is 11.9 Å². The number of aliphatic hydroxyl groups is 1. The number of ether oxygens (including phenoxy) is 2. The highest BCUT2D eigenvalue weighted by atomic mass is 16.6. The molecule has 6 heteroatoms. The van der Waals surface area contributed by atoms with Crippen molar-refractivity contribution in [3.8, 4) is 0 Å². The summed E-state index contributed by atoms with van der Waals surface area (Å²) in [7, 11) is 0. The monoisotopic (exact) mass is 588 g/mol. The first-order chi connectivity index (χ1) is 20.4. The number of carbonyl (C=O) groups excluding carboxylic acids is 3. The van der Waals surface area contributed by atoms with Crippen molar-refractivity contribution >= 4 is 17.7 Å². The number of allylic oxidation sites excluding steroid dienone is 8. The molecule has 0 fully saturated rings. The highest BCUT2D eigenvalue weighted by Gasteiger charge is 2.16. The Kier molecular flexibility index (Phi) is 28.2. The van der Waals surface area contributed by atoms with Crippen LogP contribution in [0.3, 0.4) is 0 Å². The lowest BCUT2D eigenvalue weighted by molar-refractivity contribution is -0.161. The van der Waals surface area contributed by atoms with Gasteiger partial charge in [0, 0.05) is 19.3 Å². The lowest BCUT2D eigenvalue weighted by atomic mass is 10.00. The lowest BCUT2D eigenvalue weighted by Crippen LogP contribution is -2.28. The summed E-state index contributed by atoms with van der Waals surface area (Å²) >= 11 is 0. The number of rotatable bonds is 28. The fraction of sp³-hybridized carbons (Fsp3) is 0.694. The van der Waals surface area contributed by atoms with Gasteiger partial charge in [-0.1, -0.05) is 121 Å². The topological polar surface area (TPSA) is 89.9 Å². The predicted octanol–water partition coefficient (Wildman–Crippen LogP) is 8.93. The fourth-order valence-corrected chi connectivity index (χ4v) is 4.18. The average molecular weight is 589 g/mol. The van der Waals surface area contributed by atoms with Crippen molar-refractivity contribution in [3.05, 3.63) is 48.6 Å². The van der Waals surface area contributed by atoms with Crippen LogP contribution in [0.4, 0.5) is 0 Å². The van der Waals surface area contributed by atoms with Crippen LogP contribution in [0.2, 0.25) is 0 Å². The summed E-state index contributed by atoms with van der Waals surface area (Å²) in [5.41, 5.74) is 0. The van der Waals surface area contributed by atoms with Crippen LogP contribution in [0, 0.1) is 5.92 Å². The molecule has 1 unspecified atom stereocenters. The Labute approximate surface area is 256 Å². The third-order valence-electron chi connectivity index (χ3n) is 7.14. The quantitative estimate of drug-likeness (QED) is 0.0323. The molecule has 0 radical (unpaired) electrons. The second kappa shape index (κ2) is 30.0. The minimum absolute atomic E-state index is 0.114. The number of ketones is 1. The molecule has 0 aliphatic carbocycles. The molecule has 42 heavy (non-hydrogen) atoms. The summed E-state index contributed by atoms with van der Waals surface area (Å²) in [4.78, 5) is 35.7. The van der Waals surface area contributed by atoms with Gasteiger partial charge in [0.25, 0.3) is 0 Å². The number of hydrogen-bond donors (Lipinski definition) is 1. The molecule has 0 aromatic heterocycles. The number of aliphatic hydroxyl groups excluding tert-OH is 1. The fourth-order valence-electron chi connectivity index (χ4n) is 4.18. The smallest absolute Gasteiger partial charge is 0.306 e. The number of unbranched alkanes of at least 4 members (excludes halogenated alkanes) is 8. The van der Waals surface area contributed by atoms with E-state index in [1.54, 1.807) is 6.08 Å². The van der Waals surface area contributed by atoms with Crippen LogP contribution < -0.4 is 0 Å². The van der Waals surface area contributed by atoms with Gasteiger partial charge in [-0.15, -0.1) is 0 Å². The van der Waals surface area contributed by atoms with Crippen molar-refractivity contribution < 1.29 is 29.0 Å². The van der Waals surface area contributed by atoms with Crippen LogP contribution in [-0.4, -0.2) is 42.1 Å². The zero-order chi connectivity index (χ0) is 31.1. The summed E-state index contributed by atoms with van der Waals surface area (Å²) in [6, 6.07) is 0. The van der Waals surface area contributed by atoms with E-state index in [9.17, 15) is 19.5 Å². The molecule has 0 aromatic carbocycles. The van der Waals surface area contributed by atoms with E-state index in [2.05, 4.69) is 39.0 Å². The normalized spacial score (nSPS) is 13.4. The second-order valence-corrected chi connectivity index (χ2v) is 11.2. The molecule has 0 saturated heterocycles. The Morgan fingerprint density at radius 3 is 2.07 bits per heavy atom. The van der Waals surface area contributed by atoms with Crippen LogP contribution in [0.25, 0.3) is 0 Å². The largest absolute Gasteiger partial charge is 0.462 e. The van der Waals surface area contributed by atoms with Crippen molar-refractivity contribution in [1.82, 2.24) is 0 Å². The zero-order valence-corrected chi connectivity index (χ0v) is 26.9. The number of esters is 2. The molecule has 1 N–H and O–H groups in total. The minimum Gasteiger partial charge on any atom is -0.462 e. The van der Waals surface area contributed by atoms with E-state index >= 15 is 0 Å². The van der Waals surface area contributed by atoms with Gasteiger partial charge in [-0.3, -0.25) is 14.4 Å². The van der Waals surface area contributed by atoms with E-state index in [1.165, 1.54) is 32.1 Å². The lowest BCUT2D eigenvalue weighted by Gasteiger charge is -2.15. The minimum atomic E-state index is -0.808. The van der Waals surface area contributed by atoms with Crippen molar-refractivity contribution in [3.63, 3.8) is 0 Å². The van der Waals surface area contributed by atoms with Gasteiger partial charge in [-0.25, -0.2) is 0 Å². The van der Waals surface area contributed by atoms with Gasteiger partial charge in [0.15, 0.2) is 11.9 Å². The average Bonchev–Trinajstić information content (AvgIpc) is 2.98. The molecule has 0 heterocycles. The molecule has 6 nitrogen and oxygen atoms in total. The SMILES string of the molecule is CCCCCC(=O)/C=C/C=C\C/C=C\C/C=C\CCCC(=O)OC[C@H](CO)OC(=O)CCCCCCCCC(C)CC. The second-order valence-electron chi connectivity index (χ2n) is 11.2. The Morgan fingerprint density at radius 1 is 0.714 bits per heavy atom. The van der Waals surface area contributed by atoms with Crippen molar-refractivity contribution in [2.45, 2.75) is 142 Å². The van der Waals surface area contributed by atoms with Crippen LogP contribution in [0.5, 0.6) is 0 Å². The molecule has 0 bridgehead atoms. The first kappa shape index (κ1) is 39.5. The van der Waals surface area contributed by atoms with Gasteiger partial charge in [-0.2, -0.15) is 0 Å². The maximum absolute atomic E-state index is 12.1. The molecule has 0 rings (SSSR count). The highest BCUT2D eigenvalue weighted by Crippen LogP contribution is 2.15. The maximum Gasteiger partial charge on any atom is 0.306 e. The summed E-state index contributed by atoms with van der Waals surface area (Å²) in [6.07, 6.45) is 31.6. The van der Waals surface area contributed by atoms with Crippen LogP contribution in [0.1, 0.15) is 136 Å².